The predicted octanol–water partition coefficient (Wildman–Crippen LogP) is 2.00. The maximum atomic E-state index is 5.91. The first-order chi connectivity index (χ1) is 7.27. The molecule has 1 saturated heterocycles. The summed E-state index contributed by atoms with van der Waals surface area (Å²) < 4.78 is 5.91. The van der Waals surface area contributed by atoms with Crippen molar-refractivity contribution in [3.8, 4) is 5.75 Å². The molecule has 1 aromatic rings. The van der Waals surface area contributed by atoms with Crippen molar-refractivity contribution in [3.63, 3.8) is 0 Å². The number of hydrogen-bond donors (Lipinski definition) is 1. The van der Waals surface area contributed by atoms with Gasteiger partial charge >= 0.3 is 0 Å². The SMILES string of the molecule is Cc1ccc(C)c2c1OCC1CNCC21. The zero-order valence-corrected chi connectivity index (χ0v) is 9.34. The molecule has 80 valence electrons. The van der Waals surface area contributed by atoms with Crippen LogP contribution in [0.25, 0.3) is 0 Å². The summed E-state index contributed by atoms with van der Waals surface area (Å²) in [5, 5.41) is 3.47. The van der Waals surface area contributed by atoms with Crippen molar-refractivity contribution in [1.82, 2.24) is 5.32 Å². The summed E-state index contributed by atoms with van der Waals surface area (Å²) in [5.74, 6) is 2.51. The first-order valence-electron chi connectivity index (χ1n) is 5.71. The Bertz CT molecular complexity index is 400. The van der Waals surface area contributed by atoms with Crippen LogP contribution in [0.3, 0.4) is 0 Å². The predicted molar refractivity (Wildman–Crippen MR) is 60.5 cm³/mol. The zero-order valence-electron chi connectivity index (χ0n) is 9.34. The van der Waals surface area contributed by atoms with Crippen LogP contribution >= 0.6 is 0 Å². The van der Waals surface area contributed by atoms with Crippen LogP contribution in [0.5, 0.6) is 5.75 Å². The fourth-order valence-corrected chi connectivity index (χ4v) is 2.90. The van der Waals surface area contributed by atoms with E-state index in [1.807, 2.05) is 0 Å². The highest BCUT2D eigenvalue weighted by atomic mass is 16.5. The molecule has 0 spiro atoms. The molecule has 0 saturated carbocycles. The maximum Gasteiger partial charge on any atom is 0.126 e. The summed E-state index contributed by atoms with van der Waals surface area (Å²) in [6, 6.07) is 4.38. The van der Waals surface area contributed by atoms with E-state index in [1.165, 1.54) is 16.7 Å². The minimum atomic E-state index is 0.675. The smallest absolute Gasteiger partial charge is 0.126 e. The second-order valence-electron chi connectivity index (χ2n) is 4.78. The highest BCUT2D eigenvalue weighted by molar-refractivity contribution is 5.49. The van der Waals surface area contributed by atoms with E-state index in [9.17, 15) is 0 Å². The molecule has 2 unspecified atom stereocenters. The first-order valence-corrected chi connectivity index (χ1v) is 5.71. The monoisotopic (exact) mass is 203 g/mol. The average Bonchev–Trinajstić information content (AvgIpc) is 2.70. The lowest BCUT2D eigenvalue weighted by Crippen LogP contribution is -2.26. The minimum absolute atomic E-state index is 0.675. The molecule has 2 atom stereocenters. The van der Waals surface area contributed by atoms with Crippen molar-refractivity contribution >= 4 is 0 Å². The summed E-state index contributed by atoms with van der Waals surface area (Å²) in [6.07, 6.45) is 0. The van der Waals surface area contributed by atoms with Crippen LogP contribution in [0.2, 0.25) is 0 Å². The molecule has 2 heteroatoms. The Balaban J connectivity index is 2.16. The van der Waals surface area contributed by atoms with Gasteiger partial charge in [0, 0.05) is 30.5 Å². The third kappa shape index (κ3) is 1.28. The lowest BCUT2D eigenvalue weighted by atomic mass is 9.83. The van der Waals surface area contributed by atoms with Crippen molar-refractivity contribution in [2.24, 2.45) is 5.92 Å². The fraction of sp³-hybridized carbons (Fsp3) is 0.538. The van der Waals surface area contributed by atoms with Gasteiger partial charge in [-0.05, 0) is 25.0 Å². The third-order valence-corrected chi connectivity index (χ3v) is 3.76. The normalized spacial score (nSPS) is 28.1. The zero-order chi connectivity index (χ0) is 10.4. The fourth-order valence-electron chi connectivity index (χ4n) is 2.90. The quantitative estimate of drug-likeness (QED) is 0.696. The topological polar surface area (TPSA) is 21.3 Å². The van der Waals surface area contributed by atoms with E-state index >= 15 is 0 Å². The van der Waals surface area contributed by atoms with E-state index in [4.69, 9.17) is 4.74 Å². The minimum Gasteiger partial charge on any atom is -0.493 e. The third-order valence-electron chi connectivity index (χ3n) is 3.76. The molecule has 0 bridgehead atoms. The molecular weight excluding hydrogens is 186 g/mol. The highest BCUT2D eigenvalue weighted by Gasteiger charge is 2.36. The summed E-state index contributed by atoms with van der Waals surface area (Å²) in [4.78, 5) is 0. The Hall–Kier alpha value is -1.02. The van der Waals surface area contributed by atoms with Gasteiger partial charge in [-0.3, -0.25) is 0 Å². The van der Waals surface area contributed by atoms with Gasteiger partial charge in [-0.1, -0.05) is 12.1 Å². The molecule has 2 aliphatic heterocycles. The van der Waals surface area contributed by atoms with Crippen LogP contribution in [-0.2, 0) is 0 Å². The second-order valence-corrected chi connectivity index (χ2v) is 4.78. The number of fused-ring (bicyclic) bond motifs is 3. The molecule has 0 radical (unpaired) electrons. The summed E-state index contributed by atoms with van der Waals surface area (Å²) in [7, 11) is 0. The van der Waals surface area contributed by atoms with E-state index in [-0.39, 0.29) is 0 Å². The molecule has 2 heterocycles. The van der Waals surface area contributed by atoms with Crippen molar-refractivity contribution in [2.45, 2.75) is 19.8 Å². The van der Waals surface area contributed by atoms with Crippen molar-refractivity contribution < 1.29 is 4.74 Å². The Morgan fingerprint density at radius 2 is 2.00 bits per heavy atom. The Kier molecular flexibility index (Phi) is 1.99. The Morgan fingerprint density at radius 3 is 2.87 bits per heavy atom. The van der Waals surface area contributed by atoms with Gasteiger partial charge in [0.1, 0.15) is 5.75 Å². The van der Waals surface area contributed by atoms with Crippen molar-refractivity contribution in [1.29, 1.82) is 0 Å². The summed E-state index contributed by atoms with van der Waals surface area (Å²) in [5.41, 5.74) is 4.12. The van der Waals surface area contributed by atoms with Crippen LogP contribution in [0.15, 0.2) is 12.1 Å². The number of aryl methyl sites for hydroxylation is 2. The molecule has 0 amide bonds. The molecule has 0 aromatic heterocycles. The number of ether oxygens (including phenoxy) is 1. The van der Waals surface area contributed by atoms with Crippen LogP contribution < -0.4 is 10.1 Å². The Morgan fingerprint density at radius 1 is 1.20 bits per heavy atom. The van der Waals surface area contributed by atoms with Crippen LogP contribution in [0, 0.1) is 19.8 Å². The van der Waals surface area contributed by atoms with Gasteiger partial charge in [-0.25, -0.2) is 0 Å². The van der Waals surface area contributed by atoms with Gasteiger partial charge < -0.3 is 10.1 Å². The molecule has 0 aliphatic carbocycles. The van der Waals surface area contributed by atoms with E-state index in [0.29, 0.717) is 11.8 Å². The summed E-state index contributed by atoms with van der Waals surface area (Å²) >= 11 is 0. The number of rotatable bonds is 0. The molecular formula is C13H17NO. The van der Waals surface area contributed by atoms with Crippen molar-refractivity contribution in [2.75, 3.05) is 19.7 Å². The molecule has 1 aromatic carbocycles. The van der Waals surface area contributed by atoms with Gasteiger partial charge in [-0.2, -0.15) is 0 Å². The van der Waals surface area contributed by atoms with Gasteiger partial charge in [0.2, 0.25) is 0 Å². The lowest BCUT2D eigenvalue weighted by Gasteiger charge is -2.30. The van der Waals surface area contributed by atoms with Crippen LogP contribution in [0.1, 0.15) is 22.6 Å². The molecule has 2 aliphatic rings. The van der Waals surface area contributed by atoms with Gasteiger partial charge in [0.25, 0.3) is 0 Å². The lowest BCUT2D eigenvalue weighted by molar-refractivity contribution is 0.217. The largest absolute Gasteiger partial charge is 0.493 e. The van der Waals surface area contributed by atoms with E-state index in [2.05, 4.69) is 31.3 Å². The van der Waals surface area contributed by atoms with E-state index in [1.54, 1.807) is 0 Å². The summed E-state index contributed by atoms with van der Waals surface area (Å²) in [6.45, 7) is 7.45. The molecule has 1 fully saturated rings. The molecule has 15 heavy (non-hydrogen) atoms. The number of hydrogen-bond acceptors (Lipinski definition) is 2. The van der Waals surface area contributed by atoms with E-state index in [0.717, 1.165) is 25.4 Å². The molecule has 2 nitrogen and oxygen atoms in total. The molecule has 1 N–H and O–H groups in total. The number of benzene rings is 1. The van der Waals surface area contributed by atoms with Crippen LogP contribution in [0.4, 0.5) is 0 Å². The maximum absolute atomic E-state index is 5.91. The first kappa shape index (κ1) is 9.22. The van der Waals surface area contributed by atoms with Gasteiger partial charge in [0.15, 0.2) is 0 Å². The standard InChI is InChI=1S/C13H17NO/c1-8-3-4-9(2)13-12(8)11-6-14-5-10(11)7-15-13/h3-4,10-11,14H,5-7H2,1-2H3. The molecule has 3 rings (SSSR count). The van der Waals surface area contributed by atoms with Crippen molar-refractivity contribution in [3.05, 3.63) is 28.8 Å². The van der Waals surface area contributed by atoms with Crippen LogP contribution in [-0.4, -0.2) is 19.7 Å². The van der Waals surface area contributed by atoms with E-state index < -0.39 is 0 Å². The Labute approximate surface area is 90.6 Å². The van der Waals surface area contributed by atoms with Gasteiger partial charge in [0.05, 0.1) is 6.61 Å². The average molecular weight is 203 g/mol. The van der Waals surface area contributed by atoms with Gasteiger partial charge in [-0.15, -0.1) is 0 Å². The second kappa shape index (κ2) is 3.24. The number of nitrogens with one attached hydrogen (secondary N) is 1. The highest BCUT2D eigenvalue weighted by Crippen LogP contribution is 2.42.